The van der Waals surface area contributed by atoms with E-state index in [0.717, 1.165) is 96.3 Å². The smallest absolute Gasteiger partial charge is 0.462 e. The van der Waals surface area contributed by atoms with Gasteiger partial charge < -0.3 is 20.1 Å². The zero-order valence-electron chi connectivity index (χ0n) is 55.1. The molecule has 0 spiro atoms. The van der Waals surface area contributed by atoms with E-state index >= 15 is 0 Å². The molecule has 0 fully saturated rings. The molecule has 0 aliphatic carbocycles. The standard InChI is InChI=1S/C75H132NO8P/c1-3-5-7-9-11-13-15-17-19-21-23-25-27-29-31-32-33-34-35-36-37-38-39-40-42-44-46-48-50-52-54-56-58-60-62-64-66-68-75(78)84-73(72-83-85(79,80)82-70-69-76)71-81-74(77)67-65-63-61-59-57-55-53-51-49-47-45-43-41-30-28-26-24-22-20-18-16-14-12-10-8-6-4-2/h5-8,11-14,17-20,23-26,29,31,73H,3-4,9-10,15-16,21-22,27-28,30,32-72,76H2,1-2H3,(H,79,80)/b7-5-,8-6-,13-11-,14-12-,19-17-,20-18-,25-23-,26-24-,31-29-. The molecule has 2 unspecified atom stereocenters. The summed E-state index contributed by atoms with van der Waals surface area (Å²) in [6.45, 7) is 3.55. The number of carbonyl (C=O) groups is 2. The molecule has 0 aromatic rings. The van der Waals surface area contributed by atoms with Gasteiger partial charge in [0.25, 0.3) is 0 Å². The Morgan fingerprint density at radius 1 is 0.353 bits per heavy atom. The van der Waals surface area contributed by atoms with Crippen LogP contribution >= 0.6 is 7.82 Å². The minimum absolute atomic E-state index is 0.0516. The lowest BCUT2D eigenvalue weighted by atomic mass is 10.0. The molecule has 0 amide bonds. The van der Waals surface area contributed by atoms with Crippen LogP contribution in [0.5, 0.6) is 0 Å². The summed E-state index contributed by atoms with van der Waals surface area (Å²) in [6, 6.07) is 0. The Morgan fingerprint density at radius 2 is 0.612 bits per heavy atom. The number of phosphoric acid groups is 1. The Balaban J connectivity index is 3.84. The van der Waals surface area contributed by atoms with E-state index in [9.17, 15) is 19.0 Å². The third kappa shape index (κ3) is 69.6. The largest absolute Gasteiger partial charge is 0.472 e. The number of hydrogen-bond acceptors (Lipinski definition) is 8. The fourth-order valence-electron chi connectivity index (χ4n) is 10.0. The van der Waals surface area contributed by atoms with Gasteiger partial charge in [-0.15, -0.1) is 0 Å². The highest BCUT2D eigenvalue weighted by Crippen LogP contribution is 2.43. The van der Waals surface area contributed by atoms with Crippen LogP contribution in [0.15, 0.2) is 109 Å². The van der Waals surface area contributed by atoms with Crippen molar-refractivity contribution in [3.63, 3.8) is 0 Å². The second-order valence-electron chi connectivity index (χ2n) is 23.3. The van der Waals surface area contributed by atoms with Crippen LogP contribution in [0.1, 0.15) is 322 Å². The predicted octanol–water partition coefficient (Wildman–Crippen LogP) is 23.3. The maximum atomic E-state index is 12.8. The highest BCUT2D eigenvalue weighted by molar-refractivity contribution is 7.47. The Bertz CT molecular complexity index is 1760. The van der Waals surface area contributed by atoms with Crippen LogP contribution in [0.25, 0.3) is 0 Å². The summed E-state index contributed by atoms with van der Waals surface area (Å²) in [4.78, 5) is 35.4. The van der Waals surface area contributed by atoms with Gasteiger partial charge in [0.1, 0.15) is 6.61 Å². The van der Waals surface area contributed by atoms with Gasteiger partial charge in [0, 0.05) is 19.4 Å². The molecule has 10 heteroatoms. The van der Waals surface area contributed by atoms with Crippen LogP contribution in [-0.2, 0) is 32.7 Å². The van der Waals surface area contributed by atoms with Crippen molar-refractivity contribution >= 4 is 19.8 Å². The maximum absolute atomic E-state index is 12.8. The first-order valence-electron chi connectivity index (χ1n) is 35.4. The highest BCUT2D eigenvalue weighted by atomic mass is 31.2. The van der Waals surface area contributed by atoms with Crippen LogP contribution < -0.4 is 5.73 Å². The number of hydrogen-bond donors (Lipinski definition) is 2. The quantitative estimate of drug-likeness (QED) is 0.0264. The molecule has 0 aromatic carbocycles. The molecule has 85 heavy (non-hydrogen) atoms. The number of esters is 2. The van der Waals surface area contributed by atoms with E-state index in [1.165, 1.54) is 193 Å². The SMILES string of the molecule is CC/C=C\C/C=C\C/C=C\C/C=C\C/C=C\CCCCCCCCCCCCCCCCCCCCCCCC(=O)OC(COC(=O)CCCCCCCCCCCCCCCC/C=C\C/C=C\C/C=C\C/C=C\CC)COP(=O)(O)OCCN. The van der Waals surface area contributed by atoms with E-state index < -0.39 is 26.5 Å². The average molecular weight is 1210 g/mol. The second-order valence-corrected chi connectivity index (χ2v) is 24.8. The predicted molar refractivity (Wildman–Crippen MR) is 367 cm³/mol. The van der Waals surface area contributed by atoms with E-state index in [0.29, 0.717) is 6.42 Å². The van der Waals surface area contributed by atoms with Gasteiger partial charge in [-0.3, -0.25) is 18.6 Å². The Labute approximate surface area is 524 Å². The molecule has 0 aliphatic rings. The molecule has 490 valence electrons. The zero-order valence-corrected chi connectivity index (χ0v) is 56.0. The summed E-state index contributed by atoms with van der Waals surface area (Å²) >= 11 is 0. The van der Waals surface area contributed by atoms with Crippen molar-refractivity contribution in [1.29, 1.82) is 0 Å². The molecule has 2 atom stereocenters. The van der Waals surface area contributed by atoms with Crippen molar-refractivity contribution in [2.75, 3.05) is 26.4 Å². The molecule has 0 aliphatic heterocycles. The summed E-state index contributed by atoms with van der Waals surface area (Å²) in [7, 11) is -4.40. The third-order valence-electron chi connectivity index (χ3n) is 15.2. The van der Waals surface area contributed by atoms with E-state index in [-0.39, 0.29) is 38.6 Å². The van der Waals surface area contributed by atoms with E-state index in [1.807, 2.05) is 0 Å². The number of ether oxygens (including phenoxy) is 2. The summed E-state index contributed by atoms with van der Waals surface area (Å²) in [5, 5.41) is 0. The average Bonchev–Trinajstić information content (AvgIpc) is 3.52. The minimum atomic E-state index is -4.40. The zero-order chi connectivity index (χ0) is 61.6. The van der Waals surface area contributed by atoms with E-state index in [4.69, 9.17) is 24.3 Å². The molecular formula is C75H132NO8P. The summed E-state index contributed by atoms with van der Waals surface area (Å²) in [5.41, 5.74) is 5.40. The number of carbonyl (C=O) groups excluding carboxylic acids is 2. The molecule has 0 aromatic heterocycles. The first-order valence-corrected chi connectivity index (χ1v) is 36.9. The first kappa shape index (κ1) is 81.7. The number of phosphoric ester groups is 1. The van der Waals surface area contributed by atoms with Gasteiger partial charge in [-0.05, 0) is 96.3 Å². The monoisotopic (exact) mass is 1210 g/mol. The number of allylic oxidation sites excluding steroid dienone is 18. The van der Waals surface area contributed by atoms with Crippen molar-refractivity contribution in [2.45, 2.75) is 328 Å². The summed E-state index contributed by atoms with van der Waals surface area (Å²) < 4.78 is 33.2. The van der Waals surface area contributed by atoms with Gasteiger partial charge in [0.05, 0.1) is 13.2 Å². The van der Waals surface area contributed by atoms with Gasteiger partial charge in [-0.1, -0.05) is 322 Å². The lowest BCUT2D eigenvalue weighted by Gasteiger charge is -2.19. The molecule has 3 N–H and O–H groups in total. The molecule has 0 heterocycles. The summed E-state index contributed by atoms with van der Waals surface area (Å²) in [5.74, 6) is -0.818. The van der Waals surface area contributed by atoms with Crippen LogP contribution in [-0.4, -0.2) is 49.3 Å². The molecule has 0 rings (SSSR count). The van der Waals surface area contributed by atoms with Gasteiger partial charge in [0.15, 0.2) is 6.10 Å². The second kappa shape index (κ2) is 69.8. The number of unbranched alkanes of at least 4 members (excludes halogenated alkanes) is 35. The fraction of sp³-hybridized carbons (Fsp3) is 0.733. The lowest BCUT2D eigenvalue weighted by molar-refractivity contribution is -0.161. The van der Waals surface area contributed by atoms with Gasteiger partial charge in [-0.2, -0.15) is 0 Å². The van der Waals surface area contributed by atoms with Crippen LogP contribution in [0.2, 0.25) is 0 Å². The lowest BCUT2D eigenvalue weighted by Crippen LogP contribution is -2.29. The van der Waals surface area contributed by atoms with E-state index in [1.54, 1.807) is 0 Å². The van der Waals surface area contributed by atoms with Gasteiger partial charge >= 0.3 is 19.8 Å². The molecule has 0 saturated carbocycles. The Morgan fingerprint density at radius 3 is 0.906 bits per heavy atom. The maximum Gasteiger partial charge on any atom is 0.472 e. The minimum Gasteiger partial charge on any atom is -0.462 e. The third-order valence-corrected chi connectivity index (χ3v) is 16.1. The van der Waals surface area contributed by atoms with Gasteiger partial charge in [0.2, 0.25) is 0 Å². The highest BCUT2D eigenvalue weighted by Gasteiger charge is 2.26. The van der Waals surface area contributed by atoms with Crippen LogP contribution in [0.4, 0.5) is 0 Å². The van der Waals surface area contributed by atoms with Crippen molar-refractivity contribution < 1.29 is 37.6 Å². The van der Waals surface area contributed by atoms with Crippen LogP contribution in [0.3, 0.4) is 0 Å². The normalized spacial score (nSPS) is 13.6. The van der Waals surface area contributed by atoms with Crippen molar-refractivity contribution in [3.05, 3.63) is 109 Å². The van der Waals surface area contributed by atoms with Crippen molar-refractivity contribution in [2.24, 2.45) is 5.73 Å². The van der Waals surface area contributed by atoms with Gasteiger partial charge in [-0.25, -0.2) is 4.57 Å². The fourth-order valence-corrected chi connectivity index (χ4v) is 10.8. The molecule has 0 radical (unpaired) electrons. The topological polar surface area (TPSA) is 134 Å². The number of rotatable bonds is 66. The first-order chi connectivity index (χ1) is 41.8. The molecule has 9 nitrogen and oxygen atoms in total. The van der Waals surface area contributed by atoms with E-state index in [2.05, 4.69) is 123 Å². The number of nitrogens with two attached hydrogens (primary N) is 1. The van der Waals surface area contributed by atoms with Crippen LogP contribution in [0, 0.1) is 0 Å². The van der Waals surface area contributed by atoms with Crippen molar-refractivity contribution in [1.82, 2.24) is 0 Å². The Kier molecular flexibility index (Phi) is 67.0. The summed E-state index contributed by atoms with van der Waals surface area (Å²) in [6.07, 6.45) is 96.2. The molecule has 0 saturated heterocycles. The van der Waals surface area contributed by atoms with Crippen molar-refractivity contribution in [3.8, 4) is 0 Å². The molecular weight excluding hydrogens is 1070 g/mol. The Hall–Kier alpha value is -3.33. The molecule has 0 bridgehead atoms.